The molecule has 7 heteroatoms. The van der Waals surface area contributed by atoms with Gasteiger partial charge in [-0.2, -0.15) is 0 Å². The molecule has 1 saturated heterocycles. The molecule has 0 aromatic heterocycles. The smallest absolute Gasteiger partial charge is 0.407 e. The summed E-state index contributed by atoms with van der Waals surface area (Å²) in [7, 11) is 0. The number of esters is 1. The fourth-order valence-corrected chi connectivity index (χ4v) is 1.80. The monoisotopic (exact) mass is 336 g/mol. The second kappa shape index (κ2) is 8.90. The molecule has 3 N–H and O–H groups in total. The minimum Gasteiger partial charge on any atom is -0.466 e. The van der Waals surface area contributed by atoms with Crippen molar-refractivity contribution in [1.82, 2.24) is 5.32 Å². The van der Waals surface area contributed by atoms with Crippen LogP contribution in [0.4, 0.5) is 4.79 Å². The van der Waals surface area contributed by atoms with Crippen molar-refractivity contribution in [3.8, 4) is 0 Å². The molecule has 2 rings (SSSR count). The van der Waals surface area contributed by atoms with Crippen LogP contribution in [0.3, 0.4) is 0 Å². The standard InChI is InChI=1S/C13H18N2O3.C4H6O2/c1-13(2,3)18-12(17)15-8-9-5-4-6-10(7-9)11(14)16;5-4-2-1-3-6-4/h4-7H,8H2,1-3H3,(H2,14,16)(H,15,17);1-3H2. The molecule has 0 unspecified atom stereocenters. The van der Waals surface area contributed by atoms with Crippen molar-refractivity contribution >= 4 is 18.0 Å². The van der Waals surface area contributed by atoms with E-state index in [9.17, 15) is 14.4 Å². The average molecular weight is 336 g/mol. The van der Waals surface area contributed by atoms with Crippen molar-refractivity contribution in [2.75, 3.05) is 6.61 Å². The van der Waals surface area contributed by atoms with E-state index in [2.05, 4.69) is 10.1 Å². The summed E-state index contributed by atoms with van der Waals surface area (Å²) >= 11 is 0. The lowest BCUT2D eigenvalue weighted by Gasteiger charge is -2.19. The van der Waals surface area contributed by atoms with Crippen LogP contribution in [0.1, 0.15) is 49.5 Å². The topological polar surface area (TPSA) is 108 Å². The van der Waals surface area contributed by atoms with Gasteiger partial charge in [-0.1, -0.05) is 12.1 Å². The van der Waals surface area contributed by atoms with Crippen molar-refractivity contribution in [2.45, 2.75) is 45.8 Å². The number of carbonyl (C=O) groups excluding carboxylic acids is 3. The Kier molecular flexibility index (Phi) is 7.23. The maximum absolute atomic E-state index is 11.4. The number of benzene rings is 1. The van der Waals surface area contributed by atoms with Gasteiger partial charge in [0.15, 0.2) is 0 Å². The molecule has 0 bridgehead atoms. The molecule has 1 aliphatic rings. The molecule has 24 heavy (non-hydrogen) atoms. The highest BCUT2D eigenvalue weighted by atomic mass is 16.6. The van der Waals surface area contributed by atoms with E-state index in [1.807, 2.05) is 0 Å². The van der Waals surface area contributed by atoms with E-state index in [0.717, 1.165) is 12.0 Å². The Morgan fingerprint density at radius 3 is 2.50 bits per heavy atom. The van der Waals surface area contributed by atoms with E-state index in [4.69, 9.17) is 10.5 Å². The van der Waals surface area contributed by atoms with Gasteiger partial charge in [-0.05, 0) is 44.9 Å². The number of rotatable bonds is 3. The molecule has 1 aromatic carbocycles. The number of hydrogen-bond acceptors (Lipinski definition) is 5. The summed E-state index contributed by atoms with van der Waals surface area (Å²) in [6.45, 7) is 6.30. The van der Waals surface area contributed by atoms with Crippen LogP contribution in [0.15, 0.2) is 24.3 Å². The number of nitrogens with two attached hydrogens (primary N) is 1. The lowest BCUT2D eigenvalue weighted by Crippen LogP contribution is -2.32. The highest BCUT2D eigenvalue weighted by Gasteiger charge is 2.15. The molecule has 0 saturated carbocycles. The van der Waals surface area contributed by atoms with Crippen molar-refractivity contribution in [1.29, 1.82) is 0 Å². The Balaban J connectivity index is 0.000000400. The van der Waals surface area contributed by atoms with Crippen LogP contribution in [-0.2, 0) is 20.8 Å². The molecule has 1 heterocycles. The predicted molar refractivity (Wildman–Crippen MR) is 88.2 cm³/mol. The van der Waals surface area contributed by atoms with E-state index in [1.54, 1.807) is 45.0 Å². The van der Waals surface area contributed by atoms with E-state index >= 15 is 0 Å². The minimum atomic E-state index is -0.529. The van der Waals surface area contributed by atoms with Crippen LogP contribution in [0, 0.1) is 0 Å². The Morgan fingerprint density at radius 1 is 1.33 bits per heavy atom. The average Bonchev–Trinajstić information content (AvgIpc) is 2.95. The van der Waals surface area contributed by atoms with Crippen LogP contribution in [0.2, 0.25) is 0 Å². The lowest BCUT2D eigenvalue weighted by molar-refractivity contribution is -0.137. The molecule has 1 fully saturated rings. The Hall–Kier alpha value is -2.57. The summed E-state index contributed by atoms with van der Waals surface area (Å²) in [6, 6.07) is 6.77. The molecule has 132 valence electrons. The molecule has 0 radical (unpaired) electrons. The molecule has 2 amide bonds. The SMILES string of the molecule is CC(C)(C)OC(=O)NCc1cccc(C(N)=O)c1.O=C1CCCO1. The summed E-state index contributed by atoms with van der Waals surface area (Å²) in [4.78, 5) is 32.4. The largest absolute Gasteiger partial charge is 0.466 e. The quantitative estimate of drug-likeness (QED) is 0.822. The predicted octanol–water partition coefficient (Wildman–Crippen LogP) is 2.13. The number of primary amides is 1. The molecule has 0 spiro atoms. The summed E-state index contributed by atoms with van der Waals surface area (Å²) in [6.07, 6.45) is 1.05. The summed E-state index contributed by atoms with van der Waals surface area (Å²) in [5, 5.41) is 2.61. The zero-order valence-corrected chi connectivity index (χ0v) is 14.3. The second-order valence-corrected chi connectivity index (χ2v) is 6.24. The highest BCUT2D eigenvalue weighted by molar-refractivity contribution is 5.92. The van der Waals surface area contributed by atoms with Crippen molar-refractivity contribution in [3.05, 3.63) is 35.4 Å². The molecule has 1 aliphatic heterocycles. The molecule has 1 aromatic rings. The summed E-state index contributed by atoms with van der Waals surface area (Å²) in [5.74, 6) is -0.538. The van der Waals surface area contributed by atoms with Gasteiger partial charge in [-0.3, -0.25) is 9.59 Å². The molecular weight excluding hydrogens is 312 g/mol. The Morgan fingerprint density at radius 2 is 2.04 bits per heavy atom. The van der Waals surface area contributed by atoms with E-state index in [0.29, 0.717) is 18.6 Å². The first-order valence-electron chi connectivity index (χ1n) is 7.68. The van der Waals surface area contributed by atoms with Gasteiger partial charge in [0, 0.05) is 18.5 Å². The third-order valence-corrected chi connectivity index (χ3v) is 2.84. The van der Waals surface area contributed by atoms with Crippen LogP contribution in [0.25, 0.3) is 0 Å². The van der Waals surface area contributed by atoms with Gasteiger partial charge in [0.1, 0.15) is 5.60 Å². The number of alkyl carbamates (subject to hydrolysis) is 1. The van der Waals surface area contributed by atoms with Crippen molar-refractivity contribution in [3.63, 3.8) is 0 Å². The van der Waals surface area contributed by atoms with Crippen LogP contribution < -0.4 is 11.1 Å². The van der Waals surface area contributed by atoms with Crippen LogP contribution in [0.5, 0.6) is 0 Å². The normalized spacial score (nSPS) is 13.4. The molecule has 0 aliphatic carbocycles. The molecular formula is C17H24N2O5. The number of carbonyl (C=O) groups is 3. The third kappa shape index (κ3) is 8.17. The lowest BCUT2D eigenvalue weighted by atomic mass is 10.1. The summed E-state index contributed by atoms with van der Waals surface area (Å²) < 4.78 is 9.61. The third-order valence-electron chi connectivity index (χ3n) is 2.84. The minimum absolute atomic E-state index is 0.0463. The number of nitrogens with one attached hydrogen (secondary N) is 1. The zero-order chi connectivity index (χ0) is 18.2. The van der Waals surface area contributed by atoms with E-state index in [1.165, 1.54) is 0 Å². The van der Waals surface area contributed by atoms with Gasteiger partial charge in [-0.15, -0.1) is 0 Å². The van der Waals surface area contributed by atoms with E-state index < -0.39 is 17.6 Å². The number of ether oxygens (including phenoxy) is 2. The van der Waals surface area contributed by atoms with Crippen molar-refractivity contribution < 1.29 is 23.9 Å². The van der Waals surface area contributed by atoms with Crippen LogP contribution >= 0.6 is 0 Å². The van der Waals surface area contributed by atoms with Gasteiger partial charge in [-0.25, -0.2) is 4.79 Å². The zero-order valence-electron chi connectivity index (χ0n) is 14.3. The number of hydrogen-bond donors (Lipinski definition) is 2. The maximum atomic E-state index is 11.4. The molecule has 0 atom stereocenters. The fourth-order valence-electron chi connectivity index (χ4n) is 1.80. The van der Waals surface area contributed by atoms with Gasteiger partial charge in [0.05, 0.1) is 6.61 Å². The number of cyclic esters (lactones) is 1. The summed E-state index contributed by atoms with van der Waals surface area (Å²) in [5.41, 5.74) is 5.85. The van der Waals surface area contributed by atoms with Gasteiger partial charge in [0.2, 0.25) is 5.91 Å². The first-order chi connectivity index (χ1) is 11.2. The Labute approximate surface area is 141 Å². The Bertz CT molecular complexity index is 585. The van der Waals surface area contributed by atoms with Crippen LogP contribution in [-0.4, -0.2) is 30.2 Å². The van der Waals surface area contributed by atoms with Gasteiger partial charge in [0.25, 0.3) is 0 Å². The first kappa shape index (κ1) is 19.5. The first-order valence-corrected chi connectivity index (χ1v) is 7.68. The number of amides is 2. The maximum Gasteiger partial charge on any atom is 0.407 e. The molecule has 7 nitrogen and oxygen atoms in total. The van der Waals surface area contributed by atoms with Gasteiger partial charge >= 0.3 is 12.1 Å². The van der Waals surface area contributed by atoms with Crippen molar-refractivity contribution in [2.24, 2.45) is 5.73 Å². The highest BCUT2D eigenvalue weighted by Crippen LogP contribution is 2.08. The fraction of sp³-hybridized carbons (Fsp3) is 0.471. The van der Waals surface area contributed by atoms with E-state index in [-0.39, 0.29) is 12.5 Å². The second-order valence-electron chi connectivity index (χ2n) is 6.24. The van der Waals surface area contributed by atoms with Gasteiger partial charge < -0.3 is 20.5 Å².